The van der Waals surface area contributed by atoms with Gasteiger partial charge in [-0.05, 0) is 43.4 Å². The lowest BCUT2D eigenvalue weighted by Crippen LogP contribution is -2.38. The largest absolute Gasteiger partial charge is 0.345 e. The monoisotopic (exact) mass is 308 g/mol. The highest BCUT2D eigenvalue weighted by atomic mass is 32.2. The van der Waals surface area contributed by atoms with Gasteiger partial charge < -0.3 is 10.3 Å². The van der Waals surface area contributed by atoms with Crippen LogP contribution >= 0.6 is 0 Å². The van der Waals surface area contributed by atoms with Crippen molar-refractivity contribution in [3.8, 4) is 0 Å². The summed E-state index contributed by atoms with van der Waals surface area (Å²) >= 11 is 0. The van der Waals surface area contributed by atoms with Crippen molar-refractivity contribution in [2.75, 3.05) is 5.75 Å². The van der Waals surface area contributed by atoms with E-state index in [-0.39, 0.29) is 11.3 Å². The van der Waals surface area contributed by atoms with Crippen LogP contribution in [0.1, 0.15) is 34.5 Å². The molecule has 3 rings (SSSR count). The molecule has 1 aromatic rings. The molecule has 21 heavy (non-hydrogen) atoms. The second-order valence-electron chi connectivity index (χ2n) is 5.46. The number of sulfone groups is 1. The van der Waals surface area contributed by atoms with Crippen LogP contribution in [0.2, 0.25) is 0 Å². The number of pyridine rings is 1. The van der Waals surface area contributed by atoms with Gasteiger partial charge in [-0.2, -0.15) is 0 Å². The molecule has 6 nitrogen and oxygen atoms in total. The highest BCUT2D eigenvalue weighted by molar-refractivity contribution is 7.94. The van der Waals surface area contributed by atoms with Gasteiger partial charge >= 0.3 is 0 Å². The first-order valence-corrected chi connectivity index (χ1v) is 8.63. The molecule has 2 heterocycles. The molecule has 1 aliphatic carbocycles. The number of nitrogens with one attached hydrogen (secondary N) is 2. The van der Waals surface area contributed by atoms with Crippen LogP contribution in [0.3, 0.4) is 0 Å². The van der Waals surface area contributed by atoms with Gasteiger partial charge in [0, 0.05) is 11.1 Å². The van der Waals surface area contributed by atoms with Crippen LogP contribution in [0.4, 0.5) is 0 Å². The van der Waals surface area contributed by atoms with Gasteiger partial charge in [0.05, 0.1) is 11.8 Å². The lowest BCUT2D eigenvalue weighted by Gasteiger charge is -2.16. The minimum Gasteiger partial charge on any atom is -0.345 e. The Morgan fingerprint density at radius 1 is 1.29 bits per heavy atom. The molecule has 0 unspecified atom stereocenters. The van der Waals surface area contributed by atoms with Gasteiger partial charge in [-0.3, -0.25) is 9.59 Å². The molecule has 1 aromatic heterocycles. The molecule has 0 bridgehead atoms. The van der Waals surface area contributed by atoms with Crippen LogP contribution in [-0.4, -0.2) is 31.1 Å². The molecule has 0 saturated carbocycles. The van der Waals surface area contributed by atoms with Crippen molar-refractivity contribution in [3.05, 3.63) is 44.7 Å². The summed E-state index contributed by atoms with van der Waals surface area (Å²) in [5.74, 6) is -0.682. The third-order valence-corrected chi connectivity index (χ3v) is 5.22. The second-order valence-corrected chi connectivity index (χ2v) is 7.39. The summed E-state index contributed by atoms with van der Waals surface area (Å²) in [5.41, 5.74) is 1.54. The zero-order valence-electron chi connectivity index (χ0n) is 11.4. The number of aryl methyl sites for hydroxylation is 2. The van der Waals surface area contributed by atoms with Gasteiger partial charge in [0.25, 0.3) is 11.5 Å². The number of hydrogen-bond acceptors (Lipinski definition) is 4. The van der Waals surface area contributed by atoms with Crippen LogP contribution in [0.25, 0.3) is 0 Å². The maximum absolute atomic E-state index is 12.2. The Morgan fingerprint density at radius 3 is 2.76 bits per heavy atom. The van der Waals surface area contributed by atoms with E-state index in [9.17, 15) is 18.0 Å². The van der Waals surface area contributed by atoms with Gasteiger partial charge in [0.1, 0.15) is 5.56 Å². The molecular formula is C14H16N2O4S. The number of fused-ring (bicyclic) bond motifs is 1. The van der Waals surface area contributed by atoms with Crippen LogP contribution < -0.4 is 10.9 Å². The summed E-state index contributed by atoms with van der Waals surface area (Å²) in [7, 11) is -3.23. The van der Waals surface area contributed by atoms with E-state index in [1.807, 2.05) is 0 Å². The third-order valence-electron chi connectivity index (χ3n) is 3.83. The first-order chi connectivity index (χ1) is 9.94. The highest BCUT2D eigenvalue weighted by Crippen LogP contribution is 2.18. The average Bonchev–Trinajstić information content (AvgIpc) is 2.77. The number of amides is 1. The number of aromatic amines is 1. The summed E-state index contributed by atoms with van der Waals surface area (Å²) in [6, 6.07) is 1.06. The smallest absolute Gasteiger partial charge is 0.261 e. The predicted molar refractivity (Wildman–Crippen MR) is 77.9 cm³/mol. The molecule has 2 N–H and O–H groups in total. The lowest BCUT2D eigenvalue weighted by molar-refractivity contribution is 0.0946. The summed E-state index contributed by atoms with van der Waals surface area (Å²) in [4.78, 5) is 26.9. The molecule has 2 aliphatic rings. The zero-order chi connectivity index (χ0) is 15.0. The molecular weight excluding hydrogens is 292 g/mol. The molecule has 1 atom stereocenters. The fraction of sp³-hybridized carbons (Fsp3) is 0.429. The molecule has 1 amide bonds. The first kappa shape index (κ1) is 14.1. The van der Waals surface area contributed by atoms with E-state index >= 15 is 0 Å². The Bertz CT molecular complexity index is 777. The molecule has 0 radical (unpaired) electrons. The van der Waals surface area contributed by atoms with E-state index in [0.717, 1.165) is 42.3 Å². The van der Waals surface area contributed by atoms with Crippen molar-refractivity contribution in [2.45, 2.75) is 31.7 Å². The number of carbonyl (C=O) groups excluding carboxylic acids is 1. The van der Waals surface area contributed by atoms with Gasteiger partial charge in [-0.25, -0.2) is 8.42 Å². The molecule has 112 valence electrons. The van der Waals surface area contributed by atoms with E-state index < -0.39 is 27.3 Å². The number of rotatable bonds is 2. The van der Waals surface area contributed by atoms with Crippen molar-refractivity contribution in [3.63, 3.8) is 0 Å². The van der Waals surface area contributed by atoms with E-state index in [4.69, 9.17) is 0 Å². The van der Waals surface area contributed by atoms with Gasteiger partial charge in [-0.1, -0.05) is 0 Å². The standard InChI is InChI=1S/C14H16N2O4S/c17-13(15-10-5-6-21(19,20)8-10)11-7-9-3-1-2-4-12(9)16-14(11)18/h5-7,10H,1-4,8H2,(H,15,17)(H,16,18)/t10-/m0/s1. The Balaban J connectivity index is 1.82. The molecule has 0 spiro atoms. The van der Waals surface area contributed by atoms with Crippen LogP contribution in [-0.2, 0) is 22.7 Å². The maximum atomic E-state index is 12.2. The van der Waals surface area contributed by atoms with Crippen molar-refractivity contribution in [1.29, 1.82) is 0 Å². The quantitative estimate of drug-likeness (QED) is 0.821. The lowest BCUT2D eigenvalue weighted by atomic mass is 9.95. The summed E-state index contributed by atoms with van der Waals surface area (Å²) < 4.78 is 22.6. The fourth-order valence-corrected chi connectivity index (χ4v) is 3.99. The van der Waals surface area contributed by atoms with Gasteiger partial charge in [0.15, 0.2) is 9.84 Å². The SMILES string of the molecule is O=C(N[C@H]1C=CS(=O)(=O)C1)c1cc2c([nH]c1=O)CCCC2. The number of aromatic nitrogens is 1. The molecule has 0 fully saturated rings. The first-order valence-electron chi connectivity index (χ1n) is 6.91. The normalized spacial score (nSPS) is 22.8. The summed E-state index contributed by atoms with van der Waals surface area (Å²) in [6.07, 6.45) is 5.20. The van der Waals surface area contributed by atoms with Crippen molar-refractivity contribution >= 4 is 15.7 Å². The van der Waals surface area contributed by atoms with E-state index in [0.29, 0.717) is 0 Å². The summed E-state index contributed by atoms with van der Waals surface area (Å²) in [5, 5.41) is 3.67. The number of hydrogen-bond donors (Lipinski definition) is 2. The minimum atomic E-state index is -3.23. The van der Waals surface area contributed by atoms with E-state index in [1.165, 1.54) is 6.08 Å². The van der Waals surface area contributed by atoms with E-state index in [1.54, 1.807) is 6.07 Å². The molecule has 0 aromatic carbocycles. The zero-order valence-corrected chi connectivity index (χ0v) is 12.2. The number of carbonyl (C=O) groups is 1. The Hall–Kier alpha value is -1.89. The summed E-state index contributed by atoms with van der Waals surface area (Å²) in [6.45, 7) is 0. The topological polar surface area (TPSA) is 96.1 Å². The van der Waals surface area contributed by atoms with Gasteiger partial charge in [-0.15, -0.1) is 0 Å². The highest BCUT2D eigenvalue weighted by Gasteiger charge is 2.25. The van der Waals surface area contributed by atoms with E-state index in [2.05, 4.69) is 10.3 Å². The predicted octanol–water partition coefficient (Wildman–Crippen LogP) is 0.294. The fourth-order valence-electron chi connectivity index (χ4n) is 2.76. The number of H-pyrrole nitrogens is 1. The third kappa shape index (κ3) is 2.92. The van der Waals surface area contributed by atoms with Crippen LogP contribution in [0, 0.1) is 0 Å². The van der Waals surface area contributed by atoms with Crippen molar-refractivity contribution in [2.24, 2.45) is 0 Å². The Morgan fingerprint density at radius 2 is 2.05 bits per heavy atom. The van der Waals surface area contributed by atoms with Crippen LogP contribution in [0.15, 0.2) is 22.3 Å². The van der Waals surface area contributed by atoms with Crippen LogP contribution in [0.5, 0.6) is 0 Å². The molecule has 7 heteroatoms. The second kappa shape index (κ2) is 5.14. The molecule has 0 saturated heterocycles. The van der Waals surface area contributed by atoms with Gasteiger partial charge in [0.2, 0.25) is 0 Å². The Kier molecular flexibility index (Phi) is 3.44. The molecule has 1 aliphatic heterocycles. The van der Waals surface area contributed by atoms with Crippen molar-refractivity contribution in [1.82, 2.24) is 10.3 Å². The maximum Gasteiger partial charge on any atom is 0.261 e. The Labute approximate surface area is 122 Å². The minimum absolute atomic E-state index is 0.0494. The average molecular weight is 308 g/mol. The van der Waals surface area contributed by atoms with Crippen molar-refractivity contribution < 1.29 is 13.2 Å².